The molecule has 17 heavy (non-hydrogen) atoms. The molecule has 1 saturated heterocycles. The van der Waals surface area contributed by atoms with E-state index >= 15 is 0 Å². The topological polar surface area (TPSA) is 64.8 Å². The van der Waals surface area contributed by atoms with Gasteiger partial charge in [0.25, 0.3) is 0 Å². The molecule has 1 atom stereocenters. The molecule has 3 heterocycles. The summed E-state index contributed by atoms with van der Waals surface area (Å²) < 4.78 is 25.0. The molecule has 2 aliphatic heterocycles. The van der Waals surface area contributed by atoms with Crippen LogP contribution in [0.15, 0.2) is 0 Å². The zero-order valence-corrected chi connectivity index (χ0v) is 10.6. The van der Waals surface area contributed by atoms with Crippen LogP contribution in [0.1, 0.15) is 30.9 Å². The van der Waals surface area contributed by atoms with E-state index in [0.717, 1.165) is 37.5 Å². The molecule has 3 rings (SSSR count). The lowest BCUT2D eigenvalue weighted by atomic mass is 10.0. The molecular formula is C11H17N3O2S. The second-order valence-corrected chi connectivity index (χ2v) is 7.34. The molecule has 1 aromatic heterocycles. The first kappa shape index (κ1) is 11.2. The summed E-state index contributed by atoms with van der Waals surface area (Å²) in [6.45, 7) is 0.997. The quantitative estimate of drug-likeness (QED) is 0.776. The fraction of sp³-hybridized carbons (Fsp3) is 0.818. The summed E-state index contributed by atoms with van der Waals surface area (Å²) in [7, 11) is -2.78. The third kappa shape index (κ3) is 2.22. The van der Waals surface area contributed by atoms with Crippen molar-refractivity contribution in [3.8, 4) is 0 Å². The predicted molar refractivity (Wildman–Crippen MR) is 63.4 cm³/mol. The van der Waals surface area contributed by atoms with E-state index in [2.05, 4.69) is 14.8 Å². The smallest absolute Gasteiger partial charge is 0.150 e. The van der Waals surface area contributed by atoms with Gasteiger partial charge in [-0.15, -0.1) is 10.2 Å². The summed E-state index contributed by atoms with van der Waals surface area (Å²) in [5.74, 6) is 2.98. The highest BCUT2D eigenvalue weighted by Gasteiger charge is 2.29. The largest absolute Gasteiger partial charge is 0.315 e. The second kappa shape index (κ2) is 4.08. The number of aryl methyl sites for hydroxylation is 1. The highest BCUT2D eigenvalue weighted by atomic mass is 32.2. The molecule has 0 spiro atoms. The van der Waals surface area contributed by atoms with E-state index in [1.54, 1.807) is 0 Å². The van der Waals surface area contributed by atoms with Gasteiger partial charge < -0.3 is 4.57 Å². The van der Waals surface area contributed by atoms with Gasteiger partial charge in [0.2, 0.25) is 0 Å². The molecule has 2 aliphatic rings. The summed E-state index contributed by atoms with van der Waals surface area (Å²) >= 11 is 0. The maximum absolute atomic E-state index is 11.4. The zero-order chi connectivity index (χ0) is 11.9. The number of hydrogen-bond donors (Lipinski definition) is 0. The minimum absolute atomic E-state index is 0.246. The predicted octanol–water partition coefficient (Wildman–Crippen LogP) is 0.592. The Bertz CT molecular complexity index is 521. The molecule has 0 N–H and O–H groups in total. The van der Waals surface area contributed by atoms with Crippen LogP contribution in [-0.2, 0) is 29.2 Å². The maximum atomic E-state index is 11.4. The van der Waals surface area contributed by atoms with Gasteiger partial charge in [-0.3, -0.25) is 0 Å². The van der Waals surface area contributed by atoms with Crippen LogP contribution < -0.4 is 0 Å². The Morgan fingerprint density at radius 2 is 2.18 bits per heavy atom. The van der Waals surface area contributed by atoms with Crippen molar-refractivity contribution in [3.05, 3.63) is 11.6 Å². The van der Waals surface area contributed by atoms with Crippen molar-refractivity contribution in [2.24, 2.45) is 5.92 Å². The molecular weight excluding hydrogens is 238 g/mol. The SMILES string of the molecule is O=S1(=O)CCC(Cc2nnc3n2CCCC3)C1. The normalized spacial score (nSPS) is 26.9. The molecule has 1 aromatic rings. The van der Waals surface area contributed by atoms with Crippen molar-refractivity contribution in [1.29, 1.82) is 0 Å². The van der Waals surface area contributed by atoms with Gasteiger partial charge in [0.15, 0.2) is 9.84 Å². The molecule has 0 amide bonds. The standard InChI is InChI=1S/C11H17N3O2S/c15-17(16)6-4-9(8-17)7-11-13-12-10-3-1-2-5-14(10)11/h9H,1-8H2. The van der Waals surface area contributed by atoms with Crippen LogP contribution in [0.3, 0.4) is 0 Å². The first-order valence-corrected chi connectivity index (χ1v) is 8.07. The van der Waals surface area contributed by atoms with Crippen LogP contribution in [0.4, 0.5) is 0 Å². The highest BCUT2D eigenvalue weighted by molar-refractivity contribution is 7.91. The second-order valence-electron chi connectivity index (χ2n) is 5.11. The van der Waals surface area contributed by atoms with Gasteiger partial charge in [0.1, 0.15) is 11.6 Å². The van der Waals surface area contributed by atoms with Crippen LogP contribution in [0.2, 0.25) is 0 Å². The fourth-order valence-corrected chi connectivity index (χ4v) is 4.67. The molecule has 0 aliphatic carbocycles. The molecule has 1 fully saturated rings. The van der Waals surface area contributed by atoms with Crippen molar-refractivity contribution >= 4 is 9.84 Å². The number of hydrogen-bond acceptors (Lipinski definition) is 4. The number of fused-ring (bicyclic) bond motifs is 1. The van der Waals surface area contributed by atoms with Crippen molar-refractivity contribution in [3.63, 3.8) is 0 Å². The van der Waals surface area contributed by atoms with Gasteiger partial charge in [-0.1, -0.05) is 0 Å². The lowest BCUT2D eigenvalue weighted by molar-refractivity contribution is 0.484. The van der Waals surface area contributed by atoms with E-state index < -0.39 is 9.84 Å². The highest BCUT2D eigenvalue weighted by Crippen LogP contribution is 2.23. The van der Waals surface area contributed by atoms with E-state index in [9.17, 15) is 8.42 Å². The zero-order valence-electron chi connectivity index (χ0n) is 9.80. The lowest BCUT2D eigenvalue weighted by Crippen LogP contribution is -2.16. The van der Waals surface area contributed by atoms with Crippen LogP contribution in [0.25, 0.3) is 0 Å². The Balaban J connectivity index is 1.76. The van der Waals surface area contributed by atoms with Crippen molar-refractivity contribution in [2.75, 3.05) is 11.5 Å². The van der Waals surface area contributed by atoms with Crippen molar-refractivity contribution in [2.45, 2.75) is 38.6 Å². The summed E-state index contributed by atoms with van der Waals surface area (Å²) in [4.78, 5) is 0. The van der Waals surface area contributed by atoms with E-state index in [4.69, 9.17) is 0 Å². The number of sulfone groups is 1. The third-order valence-corrected chi connectivity index (χ3v) is 5.57. The first-order chi connectivity index (χ1) is 8.14. The minimum Gasteiger partial charge on any atom is -0.315 e. The Labute approximate surface area is 101 Å². The average Bonchev–Trinajstić information content (AvgIpc) is 2.84. The molecule has 0 aromatic carbocycles. The van der Waals surface area contributed by atoms with E-state index in [1.807, 2.05) is 0 Å². The monoisotopic (exact) mass is 255 g/mol. The van der Waals surface area contributed by atoms with Gasteiger partial charge >= 0.3 is 0 Å². The van der Waals surface area contributed by atoms with Crippen LogP contribution in [-0.4, -0.2) is 34.7 Å². The van der Waals surface area contributed by atoms with Gasteiger partial charge in [0, 0.05) is 19.4 Å². The average molecular weight is 255 g/mol. The van der Waals surface area contributed by atoms with Crippen LogP contribution in [0.5, 0.6) is 0 Å². The van der Waals surface area contributed by atoms with E-state index in [-0.39, 0.29) is 5.92 Å². The molecule has 1 unspecified atom stereocenters. The minimum atomic E-state index is -2.78. The first-order valence-electron chi connectivity index (χ1n) is 6.25. The summed E-state index contributed by atoms with van der Waals surface area (Å²) in [6, 6.07) is 0. The van der Waals surface area contributed by atoms with Crippen molar-refractivity contribution < 1.29 is 8.42 Å². The maximum Gasteiger partial charge on any atom is 0.150 e. The number of aromatic nitrogens is 3. The molecule has 5 nitrogen and oxygen atoms in total. The number of rotatable bonds is 2. The van der Waals surface area contributed by atoms with E-state index in [1.165, 1.54) is 12.8 Å². The van der Waals surface area contributed by atoms with Gasteiger partial charge in [-0.2, -0.15) is 0 Å². The molecule has 6 heteroatoms. The summed E-state index contributed by atoms with van der Waals surface area (Å²) in [5.41, 5.74) is 0. The summed E-state index contributed by atoms with van der Waals surface area (Å²) in [6.07, 6.45) is 4.93. The molecule has 0 saturated carbocycles. The Morgan fingerprint density at radius 3 is 2.94 bits per heavy atom. The molecule has 0 radical (unpaired) electrons. The third-order valence-electron chi connectivity index (χ3n) is 3.73. The van der Waals surface area contributed by atoms with Gasteiger partial charge in [-0.25, -0.2) is 8.42 Å². The number of nitrogens with zero attached hydrogens (tertiary/aromatic N) is 3. The summed E-state index contributed by atoms with van der Waals surface area (Å²) in [5, 5.41) is 8.43. The Morgan fingerprint density at radius 1 is 1.29 bits per heavy atom. The van der Waals surface area contributed by atoms with Gasteiger partial charge in [0.05, 0.1) is 11.5 Å². The molecule has 94 valence electrons. The Kier molecular flexibility index (Phi) is 2.69. The molecule has 0 bridgehead atoms. The van der Waals surface area contributed by atoms with Crippen LogP contribution in [0, 0.1) is 5.92 Å². The van der Waals surface area contributed by atoms with Gasteiger partial charge in [-0.05, 0) is 25.2 Å². The lowest BCUT2D eigenvalue weighted by Gasteiger charge is -2.15. The van der Waals surface area contributed by atoms with Crippen molar-refractivity contribution in [1.82, 2.24) is 14.8 Å². The fourth-order valence-electron chi connectivity index (χ4n) is 2.81. The van der Waals surface area contributed by atoms with E-state index in [0.29, 0.717) is 11.5 Å². The van der Waals surface area contributed by atoms with Crippen LogP contribution >= 0.6 is 0 Å². The Hall–Kier alpha value is -0.910.